The lowest BCUT2D eigenvalue weighted by atomic mass is 9.98. The van der Waals surface area contributed by atoms with Gasteiger partial charge in [0.15, 0.2) is 5.82 Å². The van der Waals surface area contributed by atoms with E-state index in [9.17, 15) is 9.59 Å². The molecule has 138 valence electrons. The number of amides is 2. The number of aromatic nitrogens is 2. The maximum atomic E-state index is 11.8. The van der Waals surface area contributed by atoms with E-state index < -0.39 is 5.54 Å². The van der Waals surface area contributed by atoms with Crippen molar-refractivity contribution in [3.05, 3.63) is 35.7 Å². The van der Waals surface area contributed by atoms with Gasteiger partial charge in [0.1, 0.15) is 0 Å². The monoisotopic (exact) mass is 394 g/mol. The second-order valence-electron chi connectivity index (χ2n) is 6.52. The Morgan fingerprint density at radius 2 is 2.04 bits per heavy atom. The van der Waals surface area contributed by atoms with E-state index in [2.05, 4.69) is 10.1 Å². The van der Waals surface area contributed by atoms with Gasteiger partial charge in [-0.2, -0.15) is 4.98 Å². The Bertz CT molecular complexity index is 819. The van der Waals surface area contributed by atoms with Crippen LogP contribution in [-0.2, 0) is 16.9 Å². The van der Waals surface area contributed by atoms with Gasteiger partial charge >= 0.3 is 0 Å². The highest BCUT2D eigenvalue weighted by molar-refractivity contribution is 8.14. The molecule has 2 heterocycles. The third-order valence-electron chi connectivity index (χ3n) is 4.72. The van der Waals surface area contributed by atoms with Crippen molar-refractivity contribution in [3.63, 3.8) is 0 Å². The third-order valence-corrected chi connectivity index (χ3v) is 5.58. The number of nitrogens with two attached hydrogens (primary N) is 1. The number of rotatable bonds is 4. The molecule has 1 aromatic carbocycles. The molecule has 0 atom stereocenters. The molecule has 2 aliphatic rings. The highest BCUT2D eigenvalue weighted by Crippen LogP contribution is 2.35. The molecular weight excluding hydrogens is 376 g/mol. The molecule has 26 heavy (non-hydrogen) atoms. The van der Waals surface area contributed by atoms with Crippen molar-refractivity contribution in [1.82, 2.24) is 15.0 Å². The minimum absolute atomic E-state index is 0. The van der Waals surface area contributed by atoms with Crippen molar-refractivity contribution in [2.24, 2.45) is 5.73 Å². The maximum absolute atomic E-state index is 11.8. The Balaban J connectivity index is 0.00000196. The SMILES string of the molecule is Cl.NC1(c2noc(-c3cccc(CN4C(=O)CSC4=O)c3)n2)CCCC1. The summed E-state index contributed by atoms with van der Waals surface area (Å²) in [4.78, 5) is 29.2. The fourth-order valence-corrected chi connectivity index (χ4v) is 4.02. The van der Waals surface area contributed by atoms with E-state index in [0.29, 0.717) is 11.7 Å². The summed E-state index contributed by atoms with van der Waals surface area (Å²) in [5.74, 6) is 1.00. The molecule has 2 aromatic rings. The maximum Gasteiger partial charge on any atom is 0.289 e. The summed E-state index contributed by atoms with van der Waals surface area (Å²) in [7, 11) is 0. The lowest BCUT2D eigenvalue weighted by Gasteiger charge is -2.17. The first-order valence-corrected chi connectivity index (χ1v) is 9.23. The zero-order valence-electron chi connectivity index (χ0n) is 14.0. The topological polar surface area (TPSA) is 102 Å². The van der Waals surface area contributed by atoms with Gasteiger partial charge in [-0.3, -0.25) is 14.5 Å². The Labute approximate surface area is 161 Å². The Kier molecular flexibility index (Phi) is 5.36. The summed E-state index contributed by atoms with van der Waals surface area (Å²) in [5, 5.41) is 3.86. The van der Waals surface area contributed by atoms with Crippen LogP contribution in [0.25, 0.3) is 11.5 Å². The number of thioether (sulfide) groups is 1. The molecule has 0 unspecified atom stereocenters. The number of imide groups is 1. The van der Waals surface area contributed by atoms with Gasteiger partial charge < -0.3 is 10.3 Å². The van der Waals surface area contributed by atoms with Gasteiger partial charge in [-0.15, -0.1) is 12.4 Å². The third kappa shape index (κ3) is 3.49. The van der Waals surface area contributed by atoms with Gasteiger partial charge in [-0.1, -0.05) is 41.9 Å². The molecular formula is C17H19ClN4O3S. The number of nitrogens with zero attached hydrogens (tertiary/aromatic N) is 3. The van der Waals surface area contributed by atoms with Crippen LogP contribution in [0.4, 0.5) is 4.79 Å². The van der Waals surface area contributed by atoms with Gasteiger partial charge in [0.25, 0.3) is 11.1 Å². The molecule has 1 aromatic heterocycles. The first-order chi connectivity index (χ1) is 12.0. The van der Waals surface area contributed by atoms with Crippen LogP contribution in [0.15, 0.2) is 28.8 Å². The molecule has 0 radical (unpaired) electrons. The fourth-order valence-electron chi connectivity index (χ4n) is 3.29. The molecule has 2 fully saturated rings. The molecule has 0 bridgehead atoms. The van der Waals surface area contributed by atoms with Gasteiger partial charge in [-0.25, -0.2) is 0 Å². The summed E-state index contributed by atoms with van der Waals surface area (Å²) in [6, 6.07) is 7.44. The van der Waals surface area contributed by atoms with Crippen LogP contribution in [-0.4, -0.2) is 31.9 Å². The predicted octanol–water partition coefficient (Wildman–Crippen LogP) is 3.08. The summed E-state index contributed by atoms with van der Waals surface area (Å²) in [5.41, 5.74) is 7.47. The van der Waals surface area contributed by atoms with Crippen molar-refractivity contribution in [1.29, 1.82) is 0 Å². The van der Waals surface area contributed by atoms with Crippen molar-refractivity contribution in [3.8, 4) is 11.5 Å². The zero-order chi connectivity index (χ0) is 17.4. The number of halogens is 1. The molecule has 1 saturated heterocycles. The van der Waals surface area contributed by atoms with E-state index in [4.69, 9.17) is 10.3 Å². The Morgan fingerprint density at radius 3 is 2.73 bits per heavy atom. The van der Waals surface area contributed by atoms with Crippen LogP contribution in [0.5, 0.6) is 0 Å². The van der Waals surface area contributed by atoms with E-state index in [1.165, 1.54) is 4.90 Å². The first-order valence-electron chi connectivity index (χ1n) is 8.25. The standard InChI is InChI=1S/C17H18N4O3S.ClH/c18-17(6-1-2-7-17)15-19-14(24-20-15)12-5-3-4-11(8-12)9-21-13(22)10-25-16(21)23;/h3-5,8H,1-2,6-7,9-10,18H2;1H. The molecule has 0 spiro atoms. The smallest absolute Gasteiger partial charge is 0.289 e. The van der Waals surface area contributed by atoms with Crippen LogP contribution >= 0.6 is 24.2 Å². The molecule has 1 aliphatic heterocycles. The van der Waals surface area contributed by atoms with Crippen LogP contribution in [0.2, 0.25) is 0 Å². The van der Waals surface area contributed by atoms with Crippen LogP contribution < -0.4 is 5.73 Å². The first kappa shape index (κ1) is 18.9. The van der Waals surface area contributed by atoms with Gasteiger partial charge in [0.2, 0.25) is 5.91 Å². The van der Waals surface area contributed by atoms with E-state index in [1.807, 2.05) is 24.3 Å². The molecule has 9 heteroatoms. The summed E-state index contributed by atoms with van der Waals surface area (Å²) in [6.45, 7) is 0.250. The van der Waals surface area contributed by atoms with Crippen molar-refractivity contribution in [2.45, 2.75) is 37.8 Å². The lowest BCUT2D eigenvalue weighted by Crippen LogP contribution is -2.34. The Hall–Kier alpha value is -1.90. The minimum atomic E-state index is -0.495. The fraction of sp³-hybridized carbons (Fsp3) is 0.412. The summed E-state index contributed by atoms with van der Waals surface area (Å²) in [6.07, 6.45) is 3.88. The lowest BCUT2D eigenvalue weighted by molar-refractivity contribution is -0.125. The minimum Gasteiger partial charge on any atom is -0.334 e. The normalized spacial score (nSPS) is 19.0. The quantitative estimate of drug-likeness (QED) is 0.849. The van der Waals surface area contributed by atoms with Crippen molar-refractivity contribution < 1.29 is 14.1 Å². The molecule has 1 saturated carbocycles. The second-order valence-corrected chi connectivity index (χ2v) is 7.45. The van der Waals surface area contributed by atoms with E-state index >= 15 is 0 Å². The van der Waals surface area contributed by atoms with Gasteiger partial charge in [0, 0.05) is 5.56 Å². The highest BCUT2D eigenvalue weighted by atomic mass is 35.5. The van der Waals surface area contributed by atoms with E-state index in [0.717, 1.165) is 48.6 Å². The second kappa shape index (κ2) is 7.38. The van der Waals surface area contributed by atoms with Gasteiger partial charge in [-0.05, 0) is 30.5 Å². The highest BCUT2D eigenvalue weighted by Gasteiger charge is 2.36. The van der Waals surface area contributed by atoms with Crippen molar-refractivity contribution in [2.75, 3.05) is 5.75 Å². The number of benzene rings is 1. The largest absolute Gasteiger partial charge is 0.334 e. The molecule has 2 amide bonds. The van der Waals surface area contributed by atoms with Crippen LogP contribution in [0, 0.1) is 0 Å². The zero-order valence-corrected chi connectivity index (χ0v) is 15.6. The molecule has 4 rings (SSSR count). The van der Waals surface area contributed by atoms with Crippen molar-refractivity contribution >= 4 is 35.3 Å². The Morgan fingerprint density at radius 1 is 1.27 bits per heavy atom. The average molecular weight is 395 g/mol. The van der Waals surface area contributed by atoms with E-state index in [1.54, 1.807) is 0 Å². The summed E-state index contributed by atoms with van der Waals surface area (Å²) < 4.78 is 5.40. The molecule has 1 aliphatic carbocycles. The predicted molar refractivity (Wildman–Crippen MR) is 99.7 cm³/mol. The number of hydrogen-bond donors (Lipinski definition) is 1. The number of carbonyl (C=O) groups is 2. The van der Waals surface area contributed by atoms with Crippen LogP contribution in [0.3, 0.4) is 0 Å². The summed E-state index contributed by atoms with van der Waals surface area (Å²) >= 11 is 1.03. The van der Waals surface area contributed by atoms with Crippen LogP contribution in [0.1, 0.15) is 37.1 Å². The number of hydrogen-bond acceptors (Lipinski definition) is 7. The molecule has 2 N–H and O–H groups in total. The molecule has 7 nitrogen and oxygen atoms in total. The number of carbonyl (C=O) groups excluding carboxylic acids is 2. The van der Waals surface area contributed by atoms with E-state index in [-0.39, 0.29) is 35.9 Å². The average Bonchev–Trinajstić information content (AvgIpc) is 3.33. The van der Waals surface area contributed by atoms with Gasteiger partial charge in [0.05, 0.1) is 17.8 Å².